The van der Waals surface area contributed by atoms with Crippen LogP contribution in [0, 0.1) is 23.7 Å². The first kappa shape index (κ1) is 7.71. The first-order valence-electron chi connectivity index (χ1n) is 4.38. The van der Waals surface area contributed by atoms with E-state index in [2.05, 4.69) is 12.2 Å². The van der Waals surface area contributed by atoms with E-state index < -0.39 is 0 Å². The van der Waals surface area contributed by atoms with Crippen molar-refractivity contribution in [3.05, 3.63) is 12.2 Å². The van der Waals surface area contributed by atoms with E-state index in [0.717, 1.165) is 12.7 Å². The van der Waals surface area contributed by atoms with E-state index in [4.69, 9.17) is 0 Å². The number of ketones is 1. The highest BCUT2D eigenvalue weighted by Gasteiger charge is 2.46. The molecule has 1 fully saturated rings. The van der Waals surface area contributed by atoms with Crippen molar-refractivity contribution in [1.82, 2.24) is 0 Å². The predicted molar refractivity (Wildman–Crippen MR) is 44.5 cm³/mol. The Kier molecular flexibility index (Phi) is 1.63. The third-order valence-electron chi connectivity index (χ3n) is 3.15. The summed E-state index contributed by atoms with van der Waals surface area (Å²) in [6, 6.07) is 0. The Balaban J connectivity index is 2.28. The summed E-state index contributed by atoms with van der Waals surface area (Å²) in [4.78, 5) is 21.9. The quantitative estimate of drug-likeness (QED) is 0.454. The Morgan fingerprint density at radius 2 is 2.08 bits per heavy atom. The normalized spacial score (nSPS) is 43.4. The fraction of sp³-hybridized carbons (Fsp3) is 0.600. The summed E-state index contributed by atoms with van der Waals surface area (Å²) < 4.78 is 0. The number of carbonyl (C=O) groups is 2. The van der Waals surface area contributed by atoms with Crippen LogP contribution >= 0.6 is 0 Å². The SMILES string of the molecule is CC(=O)[C@@H]1[C@H](C=O)[C@@H]2C=C[C@@H]1C2. The molecule has 0 aliphatic heterocycles. The first-order valence-corrected chi connectivity index (χ1v) is 4.38. The van der Waals surface area contributed by atoms with E-state index in [1.165, 1.54) is 0 Å². The average Bonchev–Trinajstić information content (AvgIpc) is 2.60. The summed E-state index contributed by atoms with van der Waals surface area (Å²) in [5, 5.41) is 0. The summed E-state index contributed by atoms with van der Waals surface area (Å²) in [6.45, 7) is 1.59. The standard InChI is InChI=1S/C10H12O2/c1-6(12)10-8-3-2-7(4-8)9(10)5-11/h2-3,5,7-10H,4H2,1H3/t7-,8-,9-,10+/m1/s1. The van der Waals surface area contributed by atoms with Crippen LogP contribution in [0.1, 0.15) is 13.3 Å². The Morgan fingerprint density at radius 3 is 2.58 bits per heavy atom. The van der Waals surface area contributed by atoms with Crippen molar-refractivity contribution >= 4 is 12.1 Å². The molecule has 4 atom stereocenters. The molecule has 0 N–H and O–H groups in total. The number of Topliss-reactive ketones (excluding diaryl/α,β-unsaturated/α-hetero) is 1. The summed E-state index contributed by atoms with van der Waals surface area (Å²) in [7, 11) is 0. The van der Waals surface area contributed by atoms with Gasteiger partial charge in [-0.3, -0.25) is 4.79 Å². The van der Waals surface area contributed by atoms with Gasteiger partial charge in [-0.25, -0.2) is 0 Å². The van der Waals surface area contributed by atoms with Gasteiger partial charge in [-0.05, 0) is 25.2 Å². The van der Waals surface area contributed by atoms with Crippen molar-refractivity contribution in [2.45, 2.75) is 13.3 Å². The molecule has 0 unspecified atom stereocenters. The highest BCUT2D eigenvalue weighted by atomic mass is 16.1. The zero-order valence-electron chi connectivity index (χ0n) is 7.07. The smallest absolute Gasteiger partial charge is 0.134 e. The van der Waals surface area contributed by atoms with E-state index in [9.17, 15) is 9.59 Å². The van der Waals surface area contributed by atoms with Gasteiger partial charge in [-0.1, -0.05) is 12.2 Å². The molecular formula is C10H12O2. The molecule has 2 heteroatoms. The van der Waals surface area contributed by atoms with E-state index in [1.807, 2.05) is 0 Å². The van der Waals surface area contributed by atoms with Gasteiger partial charge in [0.25, 0.3) is 0 Å². The number of allylic oxidation sites excluding steroid dienone is 2. The Hall–Kier alpha value is -0.920. The lowest BCUT2D eigenvalue weighted by molar-refractivity contribution is -0.126. The second kappa shape index (κ2) is 2.54. The molecule has 0 amide bonds. The van der Waals surface area contributed by atoms with Crippen LogP contribution in [0.2, 0.25) is 0 Å². The van der Waals surface area contributed by atoms with Crippen molar-refractivity contribution in [1.29, 1.82) is 0 Å². The molecule has 2 aliphatic rings. The second-order valence-corrected chi connectivity index (χ2v) is 3.80. The minimum absolute atomic E-state index is 0.0162. The Labute approximate surface area is 71.6 Å². The highest BCUT2D eigenvalue weighted by molar-refractivity contribution is 5.83. The van der Waals surface area contributed by atoms with Crippen LogP contribution in [0.3, 0.4) is 0 Å². The molecule has 2 rings (SSSR count). The average molecular weight is 164 g/mol. The van der Waals surface area contributed by atoms with Crippen molar-refractivity contribution < 1.29 is 9.59 Å². The van der Waals surface area contributed by atoms with E-state index in [1.54, 1.807) is 6.92 Å². The van der Waals surface area contributed by atoms with Crippen LogP contribution in [0.5, 0.6) is 0 Å². The van der Waals surface area contributed by atoms with Crippen molar-refractivity contribution in [2.24, 2.45) is 23.7 Å². The van der Waals surface area contributed by atoms with Gasteiger partial charge in [0.05, 0.1) is 0 Å². The van der Waals surface area contributed by atoms with Crippen LogP contribution in [-0.2, 0) is 9.59 Å². The third-order valence-corrected chi connectivity index (χ3v) is 3.15. The van der Waals surface area contributed by atoms with Crippen LogP contribution < -0.4 is 0 Å². The molecule has 2 bridgehead atoms. The molecule has 0 saturated heterocycles. The first-order chi connectivity index (χ1) is 5.74. The number of hydrogen-bond acceptors (Lipinski definition) is 2. The number of rotatable bonds is 2. The van der Waals surface area contributed by atoms with Crippen LogP contribution in [-0.4, -0.2) is 12.1 Å². The molecular weight excluding hydrogens is 152 g/mol. The van der Waals surface area contributed by atoms with Gasteiger partial charge in [0.15, 0.2) is 0 Å². The topological polar surface area (TPSA) is 34.1 Å². The van der Waals surface area contributed by atoms with Gasteiger partial charge in [0, 0.05) is 11.8 Å². The minimum Gasteiger partial charge on any atom is -0.303 e. The molecule has 0 radical (unpaired) electrons. The van der Waals surface area contributed by atoms with Crippen molar-refractivity contribution in [3.63, 3.8) is 0 Å². The lowest BCUT2D eigenvalue weighted by Gasteiger charge is -2.20. The highest BCUT2D eigenvalue weighted by Crippen LogP contribution is 2.47. The predicted octanol–water partition coefficient (Wildman–Crippen LogP) is 1.21. The summed E-state index contributed by atoms with van der Waals surface area (Å²) in [5.41, 5.74) is 0. The van der Waals surface area contributed by atoms with Gasteiger partial charge in [-0.2, -0.15) is 0 Å². The number of hydrogen-bond donors (Lipinski definition) is 0. The van der Waals surface area contributed by atoms with Gasteiger partial charge < -0.3 is 4.79 Å². The maximum absolute atomic E-state index is 11.2. The minimum atomic E-state index is -0.0301. The third kappa shape index (κ3) is 0.872. The molecule has 0 aromatic rings. The maximum atomic E-state index is 11.2. The number of aldehydes is 1. The van der Waals surface area contributed by atoms with Gasteiger partial charge >= 0.3 is 0 Å². The Morgan fingerprint density at radius 1 is 1.42 bits per heavy atom. The van der Waals surface area contributed by atoms with Gasteiger partial charge in [0.2, 0.25) is 0 Å². The number of carbonyl (C=O) groups excluding carboxylic acids is 2. The zero-order valence-corrected chi connectivity index (χ0v) is 7.07. The van der Waals surface area contributed by atoms with E-state index in [0.29, 0.717) is 11.8 Å². The summed E-state index contributed by atoms with van der Waals surface area (Å²) in [5.74, 6) is 0.822. The molecule has 0 spiro atoms. The lowest BCUT2D eigenvalue weighted by atomic mass is 9.82. The fourth-order valence-corrected chi connectivity index (χ4v) is 2.62. The van der Waals surface area contributed by atoms with E-state index in [-0.39, 0.29) is 17.6 Å². The lowest BCUT2D eigenvalue weighted by Crippen LogP contribution is -2.26. The summed E-state index contributed by atoms with van der Waals surface area (Å²) >= 11 is 0. The van der Waals surface area contributed by atoms with Crippen molar-refractivity contribution in [3.8, 4) is 0 Å². The van der Waals surface area contributed by atoms with Gasteiger partial charge in [0.1, 0.15) is 12.1 Å². The molecule has 0 aromatic heterocycles. The van der Waals surface area contributed by atoms with Crippen LogP contribution in [0.4, 0.5) is 0 Å². The van der Waals surface area contributed by atoms with Crippen LogP contribution in [0.25, 0.3) is 0 Å². The number of fused-ring (bicyclic) bond motifs is 2. The van der Waals surface area contributed by atoms with Gasteiger partial charge in [-0.15, -0.1) is 0 Å². The molecule has 1 saturated carbocycles. The largest absolute Gasteiger partial charge is 0.303 e. The monoisotopic (exact) mass is 164 g/mol. The molecule has 64 valence electrons. The van der Waals surface area contributed by atoms with Crippen molar-refractivity contribution in [2.75, 3.05) is 0 Å². The van der Waals surface area contributed by atoms with E-state index >= 15 is 0 Å². The zero-order chi connectivity index (χ0) is 8.72. The molecule has 2 nitrogen and oxygen atoms in total. The molecule has 0 aromatic carbocycles. The second-order valence-electron chi connectivity index (χ2n) is 3.80. The maximum Gasteiger partial charge on any atom is 0.134 e. The molecule has 12 heavy (non-hydrogen) atoms. The van der Waals surface area contributed by atoms with Crippen LogP contribution in [0.15, 0.2) is 12.2 Å². The summed E-state index contributed by atoms with van der Waals surface area (Å²) in [6.07, 6.45) is 6.15. The molecule has 2 aliphatic carbocycles. The Bertz CT molecular complexity index is 255. The fourth-order valence-electron chi connectivity index (χ4n) is 2.62. The molecule has 0 heterocycles.